The summed E-state index contributed by atoms with van der Waals surface area (Å²) in [5, 5.41) is 9.03. The molecule has 0 aromatic carbocycles. The van der Waals surface area contributed by atoms with Gasteiger partial charge in [0.05, 0.1) is 5.41 Å². The minimum Gasteiger partial charge on any atom is -0.481 e. The highest BCUT2D eigenvalue weighted by atomic mass is 16.4. The first-order valence-corrected chi connectivity index (χ1v) is 6.41. The van der Waals surface area contributed by atoms with E-state index in [4.69, 9.17) is 5.11 Å². The van der Waals surface area contributed by atoms with Crippen LogP contribution in [0.15, 0.2) is 0 Å². The molecule has 5 nitrogen and oxygen atoms in total. The van der Waals surface area contributed by atoms with Gasteiger partial charge in [-0.3, -0.25) is 9.59 Å². The molecule has 0 aromatic heterocycles. The minimum absolute atomic E-state index is 0.0420. The molecule has 104 valence electrons. The normalized spacial score (nSPS) is 18.2. The highest BCUT2D eigenvalue weighted by molar-refractivity contribution is 5.84. The Morgan fingerprint density at radius 3 is 2.17 bits per heavy atom. The minimum atomic E-state index is -0.977. The summed E-state index contributed by atoms with van der Waals surface area (Å²) >= 11 is 0. The van der Waals surface area contributed by atoms with Crippen LogP contribution in [-0.4, -0.2) is 60.0 Å². The molecule has 0 radical (unpaired) electrons. The van der Waals surface area contributed by atoms with Crippen LogP contribution in [0, 0.1) is 5.41 Å². The van der Waals surface area contributed by atoms with Gasteiger partial charge in [0.25, 0.3) is 0 Å². The number of rotatable bonds is 4. The van der Waals surface area contributed by atoms with Crippen LogP contribution in [0.5, 0.6) is 0 Å². The summed E-state index contributed by atoms with van der Waals surface area (Å²) in [6.45, 7) is 4.66. The van der Waals surface area contributed by atoms with E-state index in [9.17, 15) is 9.59 Å². The van der Waals surface area contributed by atoms with Crippen molar-refractivity contribution in [2.75, 3.05) is 27.2 Å². The van der Waals surface area contributed by atoms with Gasteiger partial charge >= 0.3 is 5.97 Å². The number of amides is 1. The number of hydrogen-bond acceptors (Lipinski definition) is 3. The molecule has 1 heterocycles. The van der Waals surface area contributed by atoms with Crippen LogP contribution >= 0.6 is 0 Å². The molecule has 1 saturated heterocycles. The van der Waals surface area contributed by atoms with Gasteiger partial charge in [-0.05, 0) is 40.8 Å². The quantitative estimate of drug-likeness (QED) is 0.816. The third kappa shape index (κ3) is 3.70. The number of hydrogen-bond donors (Lipinski definition) is 1. The Bertz CT molecular complexity index is 318. The molecule has 0 aliphatic carbocycles. The Morgan fingerprint density at radius 1 is 1.28 bits per heavy atom. The van der Waals surface area contributed by atoms with Crippen molar-refractivity contribution in [3.05, 3.63) is 0 Å². The molecule has 0 spiro atoms. The summed E-state index contributed by atoms with van der Waals surface area (Å²) in [6, 6.07) is 0.529. The predicted molar refractivity (Wildman–Crippen MR) is 69.3 cm³/mol. The van der Waals surface area contributed by atoms with Crippen molar-refractivity contribution in [3.63, 3.8) is 0 Å². The molecule has 1 aliphatic heterocycles. The van der Waals surface area contributed by atoms with E-state index in [1.807, 2.05) is 0 Å². The molecular weight excluding hydrogens is 232 g/mol. The lowest BCUT2D eigenvalue weighted by atomic mass is 9.88. The van der Waals surface area contributed by atoms with Crippen LogP contribution in [0.4, 0.5) is 0 Å². The molecule has 1 fully saturated rings. The predicted octanol–water partition coefficient (Wildman–Crippen LogP) is 1.04. The zero-order chi connectivity index (χ0) is 13.9. The van der Waals surface area contributed by atoms with Crippen LogP contribution < -0.4 is 0 Å². The topological polar surface area (TPSA) is 60.9 Å². The van der Waals surface area contributed by atoms with Crippen LogP contribution in [-0.2, 0) is 9.59 Å². The van der Waals surface area contributed by atoms with Gasteiger partial charge in [-0.15, -0.1) is 0 Å². The molecule has 18 heavy (non-hydrogen) atoms. The maximum absolute atomic E-state index is 12.0. The average molecular weight is 256 g/mol. The molecule has 5 heteroatoms. The molecule has 0 aromatic rings. The van der Waals surface area contributed by atoms with E-state index < -0.39 is 11.4 Å². The van der Waals surface area contributed by atoms with Gasteiger partial charge in [-0.1, -0.05) is 0 Å². The van der Waals surface area contributed by atoms with Gasteiger partial charge in [-0.25, -0.2) is 0 Å². The van der Waals surface area contributed by atoms with Crippen molar-refractivity contribution < 1.29 is 14.7 Å². The highest BCUT2D eigenvalue weighted by Crippen LogP contribution is 2.23. The van der Waals surface area contributed by atoms with Gasteiger partial charge in [-0.2, -0.15) is 0 Å². The number of carbonyl (C=O) groups excluding carboxylic acids is 1. The third-order valence-corrected chi connectivity index (χ3v) is 3.72. The first-order chi connectivity index (χ1) is 8.24. The largest absolute Gasteiger partial charge is 0.481 e. The molecule has 0 saturated carbocycles. The Kier molecular flexibility index (Phi) is 4.73. The molecule has 1 rings (SSSR count). The molecule has 1 amide bonds. The lowest BCUT2D eigenvalue weighted by Gasteiger charge is -2.36. The van der Waals surface area contributed by atoms with Crippen molar-refractivity contribution in [2.24, 2.45) is 5.41 Å². The van der Waals surface area contributed by atoms with Crippen LogP contribution in [0.3, 0.4) is 0 Å². The van der Waals surface area contributed by atoms with Crippen molar-refractivity contribution in [3.8, 4) is 0 Å². The number of aliphatic carboxylic acids is 1. The van der Waals surface area contributed by atoms with Crippen LogP contribution in [0.25, 0.3) is 0 Å². The van der Waals surface area contributed by atoms with E-state index in [-0.39, 0.29) is 12.3 Å². The maximum atomic E-state index is 12.0. The zero-order valence-corrected chi connectivity index (χ0v) is 11.8. The number of likely N-dealkylation sites (tertiary alicyclic amines) is 1. The fourth-order valence-corrected chi connectivity index (χ4v) is 2.20. The lowest BCUT2D eigenvalue weighted by molar-refractivity contribution is -0.151. The number of carbonyl (C=O) groups is 2. The number of carboxylic acids is 1. The van der Waals surface area contributed by atoms with Crippen molar-refractivity contribution in [2.45, 2.75) is 39.2 Å². The first kappa shape index (κ1) is 15.0. The van der Waals surface area contributed by atoms with Crippen molar-refractivity contribution >= 4 is 11.9 Å². The molecule has 0 atom stereocenters. The monoisotopic (exact) mass is 256 g/mol. The van der Waals surface area contributed by atoms with E-state index in [1.54, 1.807) is 18.7 Å². The summed E-state index contributed by atoms with van der Waals surface area (Å²) in [5.41, 5.74) is -0.977. The summed E-state index contributed by atoms with van der Waals surface area (Å²) < 4.78 is 0. The van der Waals surface area contributed by atoms with E-state index in [1.165, 1.54) is 0 Å². The van der Waals surface area contributed by atoms with Gasteiger partial charge in [0, 0.05) is 25.6 Å². The summed E-state index contributed by atoms with van der Waals surface area (Å²) in [7, 11) is 4.10. The van der Waals surface area contributed by atoms with Crippen molar-refractivity contribution in [1.29, 1.82) is 0 Å². The fraction of sp³-hybridized carbons (Fsp3) is 0.846. The average Bonchev–Trinajstić information content (AvgIpc) is 2.28. The van der Waals surface area contributed by atoms with E-state index in [0.29, 0.717) is 6.04 Å². The van der Waals surface area contributed by atoms with Crippen LogP contribution in [0.2, 0.25) is 0 Å². The second kappa shape index (κ2) is 5.69. The molecule has 1 aliphatic rings. The van der Waals surface area contributed by atoms with Gasteiger partial charge < -0.3 is 14.9 Å². The molecule has 1 N–H and O–H groups in total. The van der Waals surface area contributed by atoms with E-state index in [0.717, 1.165) is 25.9 Å². The van der Waals surface area contributed by atoms with Gasteiger partial charge in [0.15, 0.2) is 0 Å². The summed E-state index contributed by atoms with van der Waals surface area (Å²) in [5.74, 6) is -0.960. The number of piperidine rings is 1. The zero-order valence-electron chi connectivity index (χ0n) is 11.8. The molecular formula is C13H24N2O3. The second-order valence-corrected chi connectivity index (χ2v) is 5.94. The second-order valence-electron chi connectivity index (χ2n) is 5.94. The number of nitrogens with zero attached hydrogens (tertiary/aromatic N) is 2. The van der Waals surface area contributed by atoms with E-state index >= 15 is 0 Å². The van der Waals surface area contributed by atoms with Gasteiger partial charge in [0.1, 0.15) is 0 Å². The fourth-order valence-electron chi connectivity index (χ4n) is 2.20. The highest BCUT2D eigenvalue weighted by Gasteiger charge is 2.33. The molecule has 0 unspecified atom stereocenters. The smallest absolute Gasteiger partial charge is 0.309 e. The Labute approximate surface area is 109 Å². The molecule has 0 bridgehead atoms. The third-order valence-electron chi connectivity index (χ3n) is 3.72. The SMILES string of the molecule is CN(C)C1CCN(C(=O)CC(C)(C)C(=O)O)CC1. The summed E-state index contributed by atoms with van der Waals surface area (Å²) in [4.78, 5) is 27.0. The Hall–Kier alpha value is -1.10. The van der Waals surface area contributed by atoms with Crippen LogP contribution in [0.1, 0.15) is 33.1 Å². The maximum Gasteiger partial charge on any atom is 0.309 e. The lowest BCUT2D eigenvalue weighted by Crippen LogP contribution is -2.46. The van der Waals surface area contributed by atoms with E-state index in [2.05, 4.69) is 19.0 Å². The first-order valence-electron chi connectivity index (χ1n) is 6.41. The summed E-state index contributed by atoms with van der Waals surface area (Å²) in [6.07, 6.45) is 2.01. The Balaban J connectivity index is 2.48. The number of carboxylic acid groups (broad SMARTS) is 1. The van der Waals surface area contributed by atoms with Crippen molar-refractivity contribution in [1.82, 2.24) is 9.80 Å². The van der Waals surface area contributed by atoms with Gasteiger partial charge in [0.2, 0.25) is 5.91 Å². The standard InChI is InChI=1S/C13H24N2O3/c1-13(2,12(17)18)9-11(16)15-7-5-10(6-8-15)14(3)4/h10H,5-9H2,1-4H3,(H,17,18). The Morgan fingerprint density at radius 2 is 1.78 bits per heavy atom.